The average Bonchev–Trinajstić information content (AvgIpc) is 2.83. The minimum absolute atomic E-state index is 0.0826. The fraction of sp³-hybridized carbons (Fsp3) is 0.308. The Morgan fingerprint density at radius 1 is 1.40 bits per heavy atom. The molecule has 2 rings (SSSR count). The van der Waals surface area contributed by atoms with Crippen LogP contribution in [0.15, 0.2) is 33.9 Å². The maximum absolute atomic E-state index is 11.9. The average molecular weight is 312 g/mol. The molecule has 1 atom stereocenters. The predicted molar refractivity (Wildman–Crippen MR) is 77.7 cm³/mol. The van der Waals surface area contributed by atoms with Crippen LogP contribution >= 0.6 is 23.4 Å². The third kappa shape index (κ3) is 4.25. The van der Waals surface area contributed by atoms with Gasteiger partial charge in [-0.25, -0.2) is 0 Å². The lowest BCUT2D eigenvalue weighted by Gasteiger charge is -2.09. The second kappa shape index (κ2) is 6.76. The van der Waals surface area contributed by atoms with E-state index >= 15 is 0 Å². The first-order valence-electron chi connectivity index (χ1n) is 6.03. The minimum Gasteiger partial charge on any atom is -0.416 e. The molecule has 0 saturated carbocycles. The molecule has 0 bridgehead atoms. The number of rotatable bonds is 5. The number of nitrogens with one attached hydrogen (secondary N) is 1. The normalized spacial score (nSPS) is 12.2. The maximum atomic E-state index is 11.9. The van der Waals surface area contributed by atoms with Gasteiger partial charge in [-0.15, -0.1) is 10.2 Å². The van der Waals surface area contributed by atoms with Crippen LogP contribution in [0.3, 0.4) is 0 Å². The second-order valence-electron chi connectivity index (χ2n) is 4.19. The molecule has 1 N–H and O–H groups in total. The molecule has 1 heterocycles. The van der Waals surface area contributed by atoms with Crippen molar-refractivity contribution in [3.8, 4) is 0 Å². The Morgan fingerprint density at radius 2 is 2.10 bits per heavy atom. The zero-order valence-corrected chi connectivity index (χ0v) is 12.7. The number of hydrogen-bond acceptors (Lipinski definition) is 5. The number of carbonyl (C=O) groups excluding carboxylic acids is 1. The number of aryl methyl sites for hydroxylation is 1. The van der Waals surface area contributed by atoms with Crippen LogP contribution in [0, 0.1) is 6.92 Å². The van der Waals surface area contributed by atoms with Crippen LogP contribution in [0.1, 0.15) is 18.4 Å². The molecule has 0 aliphatic heterocycles. The molecule has 0 saturated heterocycles. The highest BCUT2D eigenvalue weighted by atomic mass is 35.5. The summed E-state index contributed by atoms with van der Waals surface area (Å²) >= 11 is 7.04. The Kier molecular flexibility index (Phi) is 5.03. The first-order chi connectivity index (χ1) is 9.54. The summed E-state index contributed by atoms with van der Waals surface area (Å²) < 4.78 is 5.23. The van der Waals surface area contributed by atoms with E-state index in [9.17, 15) is 4.79 Å². The molecule has 5 nitrogen and oxygen atoms in total. The van der Waals surface area contributed by atoms with Gasteiger partial charge in [-0.05, 0) is 24.6 Å². The monoisotopic (exact) mass is 311 g/mol. The van der Waals surface area contributed by atoms with Crippen molar-refractivity contribution < 1.29 is 9.21 Å². The van der Waals surface area contributed by atoms with Crippen LogP contribution in [0.4, 0.5) is 0 Å². The predicted octanol–water partition coefficient (Wildman–Crippen LogP) is 2.83. The van der Waals surface area contributed by atoms with Gasteiger partial charge in [0.2, 0.25) is 11.8 Å². The van der Waals surface area contributed by atoms with Gasteiger partial charge in [0.05, 0.1) is 5.25 Å². The Bertz CT molecular complexity index is 586. The quantitative estimate of drug-likeness (QED) is 0.860. The summed E-state index contributed by atoms with van der Waals surface area (Å²) in [6, 6.07) is 7.34. The van der Waals surface area contributed by atoms with Crippen LogP contribution < -0.4 is 5.32 Å². The lowest BCUT2D eigenvalue weighted by Crippen LogP contribution is -2.30. The van der Waals surface area contributed by atoms with Crippen molar-refractivity contribution in [3.05, 3.63) is 40.7 Å². The van der Waals surface area contributed by atoms with E-state index in [2.05, 4.69) is 15.5 Å². The van der Waals surface area contributed by atoms with Crippen molar-refractivity contribution in [3.63, 3.8) is 0 Å². The summed E-state index contributed by atoms with van der Waals surface area (Å²) in [5.74, 6) is 0.405. The second-order valence-corrected chi connectivity index (χ2v) is 5.92. The van der Waals surface area contributed by atoms with Crippen LogP contribution in [-0.2, 0) is 11.3 Å². The van der Waals surface area contributed by atoms with Crippen molar-refractivity contribution in [1.82, 2.24) is 15.5 Å². The number of thioether (sulfide) groups is 1. The fourth-order valence-corrected chi connectivity index (χ4v) is 2.34. The van der Waals surface area contributed by atoms with Gasteiger partial charge >= 0.3 is 0 Å². The van der Waals surface area contributed by atoms with E-state index in [1.165, 1.54) is 11.8 Å². The molecule has 1 aromatic carbocycles. The summed E-state index contributed by atoms with van der Waals surface area (Å²) in [6.07, 6.45) is 0. The lowest BCUT2D eigenvalue weighted by molar-refractivity contribution is -0.120. The number of amides is 1. The number of aromatic nitrogens is 2. The molecule has 0 spiro atoms. The third-order valence-corrected chi connectivity index (χ3v) is 3.72. The van der Waals surface area contributed by atoms with Gasteiger partial charge < -0.3 is 9.73 Å². The first kappa shape index (κ1) is 14.9. The van der Waals surface area contributed by atoms with E-state index in [-0.39, 0.29) is 11.2 Å². The minimum atomic E-state index is -0.304. The van der Waals surface area contributed by atoms with Crippen molar-refractivity contribution in [1.29, 1.82) is 0 Å². The van der Waals surface area contributed by atoms with Crippen LogP contribution in [0.25, 0.3) is 0 Å². The summed E-state index contributed by atoms with van der Waals surface area (Å²) in [5.41, 5.74) is 0.994. The molecular formula is C13H14ClN3O2S. The van der Waals surface area contributed by atoms with Crippen LogP contribution in [-0.4, -0.2) is 21.4 Å². The van der Waals surface area contributed by atoms with Gasteiger partial charge in [0.25, 0.3) is 5.22 Å². The van der Waals surface area contributed by atoms with Crippen LogP contribution in [0.2, 0.25) is 5.02 Å². The molecule has 0 aliphatic rings. The number of nitrogens with zero attached hydrogens (tertiary/aromatic N) is 2. The zero-order valence-electron chi connectivity index (χ0n) is 11.1. The Labute approximate surface area is 126 Å². The largest absolute Gasteiger partial charge is 0.416 e. The van der Waals surface area contributed by atoms with Gasteiger partial charge in [-0.1, -0.05) is 35.5 Å². The molecule has 20 heavy (non-hydrogen) atoms. The van der Waals surface area contributed by atoms with Gasteiger partial charge in [0.15, 0.2) is 0 Å². The van der Waals surface area contributed by atoms with Gasteiger partial charge in [0.1, 0.15) is 0 Å². The van der Waals surface area contributed by atoms with Gasteiger partial charge in [-0.2, -0.15) is 0 Å². The van der Waals surface area contributed by atoms with Crippen molar-refractivity contribution >= 4 is 29.3 Å². The maximum Gasteiger partial charge on any atom is 0.277 e. The van der Waals surface area contributed by atoms with Gasteiger partial charge in [0, 0.05) is 18.5 Å². The van der Waals surface area contributed by atoms with Crippen molar-refractivity contribution in [2.45, 2.75) is 30.9 Å². The van der Waals surface area contributed by atoms with Crippen molar-refractivity contribution in [2.24, 2.45) is 0 Å². The number of halogens is 1. The molecule has 106 valence electrons. The molecule has 0 radical (unpaired) electrons. The molecule has 1 amide bonds. The smallest absolute Gasteiger partial charge is 0.277 e. The highest BCUT2D eigenvalue weighted by molar-refractivity contribution is 8.00. The van der Waals surface area contributed by atoms with E-state index < -0.39 is 0 Å². The van der Waals surface area contributed by atoms with Crippen molar-refractivity contribution in [2.75, 3.05) is 0 Å². The summed E-state index contributed by atoms with van der Waals surface area (Å²) in [5, 5.41) is 11.2. The molecule has 0 aliphatic carbocycles. The topological polar surface area (TPSA) is 68.0 Å². The van der Waals surface area contributed by atoms with E-state index in [0.717, 1.165) is 5.56 Å². The van der Waals surface area contributed by atoms with E-state index in [0.29, 0.717) is 22.7 Å². The number of carbonyl (C=O) groups is 1. The third-order valence-electron chi connectivity index (χ3n) is 2.53. The number of hydrogen-bond donors (Lipinski definition) is 1. The first-order valence-corrected chi connectivity index (χ1v) is 7.29. The number of benzene rings is 1. The molecule has 0 unspecified atom stereocenters. The lowest BCUT2D eigenvalue weighted by atomic mass is 10.2. The molecule has 2 aromatic rings. The Morgan fingerprint density at radius 3 is 2.70 bits per heavy atom. The SMILES string of the molecule is Cc1nnc(S[C@@H](C)C(=O)NCc2ccc(Cl)cc2)o1. The summed E-state index contributed by atoms with van der Waals surface area (Å²) in [4.78, 5) is 11.9. The molecule has 0 fully saturated rings. The highest BCUT2D eigenvalue weighted by Gasteiger charge is 2.17. The Balaban J connectivity index is 1.83. The van der Waals surface area contributed by atoms with E-state index in [1.807, 2.05) is 12.1 Å². The highest BCUT2D eigenvalue weighted by Crippen LogP contribution is 2.21. The van der Waals surface area contributed by atoms with E-state index in [1.54, 1.807) is 26.0 Å². The van der Waals surface area contributed by atoms with Crippen LogP contribution in [0.5, 0.6) is 0 Å². The molecular weight excluding hydrogens is 298 g/mol. The van der Waals surface area contributed by atoms with Gasteiger partial charge in [-0.3, -0.25) is 4.79 Å². The Hall–Kier alpha value is -1.53. The standard InChI is InChI=1S/C13H14ClN3O2S/c1-8(20-13-17-16-9(2)19-13)12(18)15-7-10-3-5-11(14)6-4-10/h3-6,8H,7H2,1-2H3,(H,15,18)/t8-/m0/s1. The molecule has 1 aromatic heterocycles. The zero-order chi connectivity index (χ0) is 14.5. The molecule has 7 heteroatoms. The summed E-state index contributed by atoms with van der Waals surface area (Å²) in [6.45, 7) is 3.97. The fourth-order valence-electron chi connectivity index (χ4n) is 1.47. The summed E-state index contributed by atoms with van der Waals surface area (Å²) in [7, 11) is 0. The van der Waals surface area contributed by atoms with E-state index in [4.69, 9.17) is 16.0 Å².